The monoisotopic (exact) mass is 213 g/mol. The Morgan fingerprint density at radius 1 is 1.43 bits per heavy atom. The molecule has 0 saturated heterocycles. The Bertz CT molecular complexity index is 331. The summed E-state index contributed by atoms with van der Waals surface area (Å²) in [4.78, 5) is 3.96. The molecule has 1 unspecified atom stereocenters. The Kier molecular flexibility index (Phi) is 3.17. The number of hydrogen-bond acceptors (Lipinski definition) is 2. The third-order valence-corrected chi connectivity index (χ3v) is 2.43. The SMILES string of the molecule is Cc1cnc(Cl)cc1C(O)C(C)(C)C. The predicted octanol–water partition coefficient (Wildman–Crippen LogP) is 3.12. The number of nitrogens with zero attached hydrogens (tertiary/aromatic N) is 1. The molecule has 78 valence electrons. The number of aryl methyl sites for hydroxylation is 1. The normalized spacial score (nSPS) is 14.1. The van der Waals surface area contributed by atoms with Gasteiger partial charge in [-0.05, 0) is 29.5 Å². The minimum absolute atomic E-state index is 0.185. The summed E-state index contributed by atoms with van der Waals surface area (Å²) in [7, 11) is 0. The second-order valence-corrected chi connectivity index (χ2v) is 5.02. The first-order chi connectivity index (χ1) is 6.32. The minimum atomic E-state index is -0.511. The first kappa shape index (κ1) is 11.5. The third-order valence-electron chi connectivity index (χ3n) is 2.23. The maximum atomic E-state index is 10.1. The Hall–Kier alpha value is -0.600. The largest absolute Gasteiger partial charge is 0.388 e. The molecule has 0 radical (unpaired) electrons. The van der Waals surface area contributed by atoms with E-state index >= 15 is 0 Å². The average Bonchev–Trinajstić information content (AvgIpc) is 2.06. The first-order valence-corrected chi connectivity index (χ1v) is 5.00. The second-order valence-electron chi connectivity index (χ2n) is 4.63. The van der Waals surface area contributed by atoms with E-state index in [0.29, 0.717) is 5.15 Å². The van der Waals surface area contributed by atoms with Gasteiger partial charge in [-0.3, -0.25) is 0 Å². The van der Waals surface area contributed by atoms with Crippen molar-refractivity contribution in [3.05, 3.63) is 28.5 Å². The molecule has 1 atom stereocenters. The number of pyridine rings is 1. The maximum absolute atomic E-state index is 10.1. The fraction of sp³-hybridized carbons (Fsp3) is 0.545. The van der Waals surface area contributed by atoms with Crippen LogP contribution in [0.1, 0.15) is 38.0 Å². The Labute approximate surface area is 89.9 Å². The summed E-state index contributed by atoms with van der Waals surface area (Å²) >= 11 is 5.79. The molecule has 0 aliphatic heterocycles. The van der Waals surface area contributed by atoms with Crippen LogP contribution in [0.5, 0.6) is 0 Å². The van der Waals surface area contributed by atoms with Gasteiger partial charge >= 0.3 is 0 Å². The van der Waals surface area contributed by atoms with Crippen LogP contribution in [0.3, 0.4) is 0 Å². The van der Waals surface area contributed by atoms with E-state index in [1.165, 1.54) is 0 Å². The van der Waals surface area contributed by atoms with Crippen LogP contribution in [0.15, 0.2) is 12.3 Å². The van der Waals surface area contributed by atoms with Crippen LogP contribution < -0.4 is 0 Å². The van der Waals surface area contributed by atoms with Gasteiger partial charge in [0.15, 0.2) is 0 Å². The lowest BCUT2D eigenvalue weighted by Crippen LogP contribution is -2.18. The zero-order valence-electron chi connectivity index (χ0n) is 9.00. The Morgan fingerprint density at radius 2 is 2.00 bits per heavy atom. The molecule has 0 aliphatic rings. The lowest BCUT2D eigenvalue weighted by atomic mass is 9.84. The minimum Gasteiger partial charge on any atom is -0.388 e. The van der Waals surface area contributed by atoms with E-state index in [1.807, 2.05) is 27.7 Å². The van der Waals surface area contributed by atoms with Crippen LogP contribution in [0, 0.1) is 12.3 Å². The molecule has 1 rings (SSSR count). The van der Waals surface area contributed by atoms with Crippen molar-refractivity contribution in [3.63, 3.8) is 0 Å². The van der Waals surface area contributed by atoms with Crippen molar-refractivity contribution >= 4 is 11.6 Å². The highest BCUT2D eigenvalue weighted by atomic mass is 35.5. The Morgan fingerprint density at radius 3 is 2.50 bits per heavy atom. The van der Waals surface area contributed by atoms with Gasteiger partial charge in [0.1, 0.15) is 5.15 Å². The van der Waals surface area contributed by atoms with Gasteiger partial charge in [0.2, 0.25) is 0 Å². The molecule has 0 aromatic carbocycles. The molecule has 0 spiro atoms. The molecule has 0 fully saturated rings. The predicted molar refractivity (Wildman–Crippen MR) is 58.4 cm³/mol. The molecule has 0 bridgehead atoms. The van der Waals surface area contributed by atoms with E-state index in [2.05, 4.69) is 4.98 Å². The van der Waals surface area contributed by atoms with Crippen molar-refractivity contribution in [3.8, 4) is 0 Å². The molecule has 1 heterocycles. The van der Waals surface area contributed by atoms with Crippen LogP contribution in [0.4, 0.5) is 0 Å². The van der Waals surface area contributed by atoms with Crippen molar-refractivity contribution < 1.29 is 5.11 Å². The van der Waals surface area contributed by atoms with Crippen molar-refractivity contribution in [2.45, 2.75) is 33.8 Å². The summed E-state index contributed by atoms with van der Waals surface area (Å²) in [6, 6.07) is 1.73. The molecule has 3 heteroatoms. The van der Waals surface area contributed by atoms with Gasteiger partial charge in [0.25, 0.3) is 0 Å². The van der Waals surface area contributed by atoms with Gasteiger partial charge in [-0.2, -0.15) is 0 Å². The molecule has 0 saturated carbocycles. The molecule has 1 N–H and O–H groups in total. The zero-order valence-corrected chi connectivity index (χ0v) is 9.76. The molecule has 2 nitrogen and oxygen atoms in total. The zero-order chi connectivity index (χ0) is 10.9. The number of hydrogen-bond donors (Lipinski definition) is 1. The average molecular weight is 214 g/mol. The van der Waals surface area contributed by atoms with Gasteiger partial charge in [0.05, 0.1) is 6.10 Å². The molecule has 0 amide bonds. The van der Waals surface area contributed by atoms with Crippen molar-refractivity contribution in [1.82, 2.24) is 4.98 Å². The van der Waals surface area contributed by atoms with E-state index in [9.17, 15) is 5.11 Å². The molecular formula is C11H16ClNO. The highest BCUT2D eigenvalue weighted by Crippen LogP contribution is 2.34. The summed E-state index contributed by atoms with van der Waals surface area (Å²) in [5, 5.41) is 10.5. The van der Waals surface area contributed by atoms with Gasteiger partial charge in [-0.25, -0.2) is 4.98 Å². The van der Waals surface area contributed by atoms with Crippen molar-refractivity contribution in [1.29, 1.82) is 0 Å². The van der Waals surface area contributed by atoms with E-state index in [4.69, 9.17) is 11.6 Å². The van der Waals surface area contributed by atoms with E-state index in [0.717, 1.165) is 11.1 Å². The summed E-state index contributed by atoms with van der Waals surface area (Å²) < 4.78 is 0. The van der Waals surface area contributed by atoms with E-state index < -0.39 is 6.10 Å². The second kappa shape index (κ2) is 3.87. The topological polar surface area (TPSA) is 33.1 Å². The summed E-state index contributed by atoms with van der Waals surface area (Å²) in [6.07, 6.45) is 1.18. The first-order valence-electron chi connectivity index (χ1n) is 4.62. The van der Waals surface area contributed by atoms with E-state index in [1.54, 1.807) is 12.3 Å². The van der Waals surface area contributed by atoms with Crippen molar-refractivity contribution in [2.24, 2.45) is 5.41 Å². The number of aliphatic hydroxyl groups excluding tert-OH is 1. The summed E-state index contributed by atoms with van der Waals surface area (Å²) in [6.45, 7) is 7.90. The van der Waals surface area contributed by atoms with Crippen molar-refractivity contribution in [2.75, 3.05) is 0 Å². The Balaban J connectivity index is 3.12. The van der Waals surface area contributed by atoms with Crippen LogP contribution >= 0.6 is 11.6 Å². The standard InChI is InChI=1S/C11H16ClNO/c1-7-6-13-9(12)5-8(7)10(14)11(2,3)4/h5-6,10,14H,1-4H3. The molecular weight excluding hydrogens is 198 g/mol. The van der Waals surface area contributed by atoms with Gasteiger partial charge in [-0.15, -0.1) is 0 Å². The lowest BCUT2D eigenvalue weighted by molar-refractivity contribution is 0.0620. The summed E-state index contributed by atoms with van der Waals surface area (Å²) in [5.74, 6) is 0. The fourth-order valence-corrected chi connectivity index (χ4v) is 1.44. The maximum Gasteiger partial charge on any atom is 0.129 e. The quantitative estimate of drug-likeness (QED) is 0.728. The number of rotatable bonds is 1. The van der Waals surface area contributed by atoms with Gasteiger partial charge < -0.3 is 5.11 Å². The van der Waals surface area contributed by atoms with Gasteiger partial charge in [-0.1, -0.05) is 32.4 Å². The molecule has 1 aromatic rings. The molecule has 0 aliphatic carbocycles. The highest BCUT2D eigenvalue weighted by molar-refractivity contribution is 6.29. The van der Waals surface area contributed by atoms with E-state index in [-0.39, 0.29) is 5.41 Å². The van der Waals surface area contributed by atoms with Crippen LogP contribution in [0.2, 0.25) is 5.15 Å². The smallest absolute Gasteiger partial charge is 0.129 e. The molecule has 1 aromatic heterocycles. The number of aromatic nitrogens is 1. The molecule has 14 heavy (non-hydrogen) atoms. The number of aliphatic hydroxyl groups is 1. The van der Waals surface area contributed by atoms with Gasteiger partial charge in [0, 0.05) is 6.20 Å². The third kappa shape index (κ3) is 2.46. The number of halogens is 1. The summed E-state index contributed by atoms with van der Waals surface area (Å²) in [5.41, 5.74) is 1.64. The highest BCUT2D eigenvalue weighted by Gasteiger charge is 2.25. The van der Waals surface area contributed by atoms with Crippen LogP contribution in [-0.4, -0.2) is 10.1 Å². The van der Waals surface area contributed by atoms with Crippen LogP contribution in [-0.2, 0) is 0 Å². The van der Waals surface area contributed by atoms with Crippen LogP contribution in [0.25, 0.3) is 0 Å². The lowest BCUT2D eigenvalue weighted by Gasteiger charge is -2.27. The fourth-order valence-electron chi connectivity index (χ4n) is 1.27.